The van der Waals surface area contributed by atoms with Gasteiger partial charge < -0.3 is 0 Å². The van der Waals surface area contributed by atoms with Gasteiger partial charge in [0.2, 0.25) is 0 Å². The molecule has 1 atom stereocenters. The van der Waals surface area contributed by atoms with Crippen LogP contribution in [0.5, 0.6) is 0 Å². The second kappa shape index (κ2) is 11.0. The number of nitrogens with zero attached hydrogens (tertiary/aromatic N) is 4. The van der Waals surface area contributed by atoms with Crippen LogP contribution in [0.1, 0.15) is 18.9 Å². The van der Waals surface area contributed by atoms with Crippen LogP contribution in [-0.2, 0) is 20.2 Å². The molecule has 1 aliphatic carbocycles. The van der Waals surface area contributed by atoms with E-state index < -0.39 is 20.2 Å². The van der Waals surface area contributed by atoms with Gasteiger partial charge >= 0.3 is 0 Å². The van der Waals surface area contributed by atoms with E-state index in [1.54, 1.807) is 62.4 Å². The van der Waals surface area contributed by atoms with Crippen LogP contribution in [0, 0.1) is 12.8 Å². The molecule has 0 saturated heterocycles. The van der Waals surface area contributed by atoms with Crippen molar-refractivity contribution in [2.45, 2.75) is 25.2 Å². The molecule has 2 heterocycles. The second-order valence-corrected chi connectivity index (χ2v) is 14.7. The molecular formula is C28H23N5O6S4. The van der Waals surface area contributed by atoms with Crippen molar-refractivity contribution in [3.8, 4) is 21.1 Å². The number of rotatable bonds is 7. The molecule has 220 valence electrons. The molecule has 6 rings (SSSR count). The van der Waals surface area contributed by atoms with Crippen molar-refractivity contribution in [2.75, 3.05) is 5.43 Å². The zero-order chi connectivity index (χ0) is 30.5. The lowest BCUT2D eigenvalue weighted by molar-refractivity contribution is 0.483. The largest absolute Gasteiger partial charge is 0.296 e. The minimum absolute atomic E-state index is 0.0157. The number of thiazole rings is 2. The summed E-state index contributed by atoms with van der Waals surface area (Å²) in [5, 5.41) is 10.0. The van der Waals surface area contributed by atoms with Gasteiger partial charge in [0, 0.05) is 11.1 Å². The van der Waals surface area contributed by atoms with E-state index in [4.69, 9.17) is 0 Å². The molecule has 1 unspecified atom stereocenters. The molecule has 11 nitrogen and oxygen atoms in total. The maximum absolute atomic E-state index is 11.9. The molecule has 3 N–H and O–H groups in total. The summed E-state index contributed by atoms with van der Waals surface area (Å²) in [6, 6.07) is 17.7. The van der Waals surface area contributed by atoms with Gasteiger partial charge in [0.25, 0.3) is 20.2 Å². The van der Waals surface area contributed by atoms with Crippen molar-refractivity contribution >= 4 is 75.5 Å². The van der Waals surface area contributed by atoms with E-state index in [1.807, 2.05) is 18.2 Å². The SMILES string of the molecule is Cc1ccc2nc(-c3ccc(/N=N/Nc4ccc(-c5nc6c(s5)=C(S(=O)(=O)O)C(C)CC=6)cc4)cc3)sc2c1S(=O)(=O)O. The number of hydrogen-bond acceptors (Lipinski definition) is 10. The molecule has 0 spiro atoms. The standard InChI is InChI=1S/C28H23N5O6S4/c1-15-3-13-21-23(25(15)42(34,35)36)40-27(29-21)17-5-9-19(10-6-17)31-33-32-20-11-7-18(8-12-20)28-30-22-14-4-16(2)26(24(22)41-28)43(37,38)39/h3,5-14,16H,4H2,1-2H3,(H,31,32)(H,34,35,36)(H,37,38,39). The summed E-state index contributed by atoms with van der Waals surface area (Å²) in [4.78, 5) is 8.99. The maximum atomic E-state index is 11.9. The fourth-order valence-corrected chi connectivity index (χ4v) is 9.60. The second-order valence-electron chi connectivity index (χ2n) is 9.90. The Labute approximate surface area is 254 Å². The predicted octanol–water partition coefficient (Wildman–Crippen LogP) is 5.57. The van der Waals surface area contributed by atoms with Crippen LogP contribution in [0.4, 0.5) is 11.4 Å². The molecule has 43 heavy (non-hydrogen) atoms. The summed E-state index contributed by atoms with van der Waals surface area (Å²) in [7, 11) is -8.72. The van der Waals surface area contributed by atoms with Crippen LogP contribution in [0.3, 0.4) is 0 Å². The molecule has 3 aromatic carbocycles. The molecular weight excluding hydrogens is 631 g/mol. The Balaban J connectivity index is 1.16. The molecule has 1 aliphatic rings. The summed E-state index contributed by atoms with van der Waals surface area (Å²) < 4.78 is 68.0. The molecule has 0 amide bonds. The summed E-state index contributed by atoms with van der Waals surface area (Å²) in [6.45, 7) is 3.39. The average Bonchev–Trinajstić information content (AvgIpc) is 3.56. The van der Waals surface area contributed by atoms with Gasteiger partial charge in [0.15, 0.2) is 0 Å². The number of aromatic nitrogens is 2. The summed E-state index contributed by atoms with van der Waals surface area (Å²) in [5.74, 6) is -0.318. The average molecular weight is 654 g/mol. The highest BCUT2D eigenvalue weighted by Crippen LogP contribution is 2.36. The first-order chi connectivity index (χ1) is 20.4. The highest BCUT2D eigenvalue weighted by Gasteiger charge is 2.26. The zero-order valence-electron chi connectivity index (χ0n) is 22.6. The Morgan fingerprint density at radius 2 is 1.51 bits per heavy atom. The van der Waals surface area contributed by atoms with Gasteiger partial charge in [-0.15, -0.1) is 27.8 Å². The van der Waals surface area contributed by atoms with E-state index in [9.17, 15) is 25.9 Å². The molecule has 0 saturated carbocycles. The minimum atomic E-state index is -4.39. The van der Waals surface area contributed by atoms with Crippen molar-refractivity contribution < 1.29 is 25.9 Å². The lowest BCUT2D eigenvalue weighted by Crippen LogP contribution is -2.32. The van der Waals surface area contributed by atoms with E-state index >= 15 is 0 Å². The Morgan fingerprint density at radius 3 is 2.16 bits per heavy atom. The molecule has 2 aromatic heterocycles. The molecule has 0 fully saturated rings. The van der Waals surface area contributed by atoms with Crippen LogP contribution >= 0.6 is 22.7 Å². The van der Waals surface area contributed by atoms with Gasteiger partial charge in [-0.25, -0.2) is 9.97 Å². The fraction of sp³-hybridized carbons (Fsp3) is 0.143. The third-order valence-corrected chi connectivity index (χ3v) is 11.6. The van der Waals surface area contributed by atoms with Crippen LogP contribution in [-0.4, -0.2) is 35.9 Å². The van der Waals surface area contributed by atoms with E-state index in [0.29, 0.717) is 53.5 Å². The van der Waals surface area contributed by atoms with Crippen LogP contribution in [0.15, 0.2) is 75.9 Å². The van der Waals surface area contributed by atoms with E-state index in [1.165, 1.54) is 22.7 Å². The third kappa shape index (κ3) is 5.87. The zero-order valence-corrected chi connectivity index (χ0v) is 25.9. The maximum Gasteiger partial charge on any atom is 0.296 e. The Bertz CT molecular complexity index is 2260. The van der Waals surface area contributed by atoms with Crippen LogP contribution < -0.4 is 15.3 Å². The Hall–Kier alpha value is -3.86. The topological polar surface area (TPSA) is 171 Å². The number of nitrogens with one attached hydrogen (secondary N) is 1. The van der Waals surface area contributed by atoms with Gasteiger partial charge in [-0.1, -0.05) is 24.3 Å². The van der Waals surface area contributed by atoms with Crippen molar-refractivity contribution in [3.05, 3.63) is 76.1 Å². The lowest BCUT2D eigenvalue weighted by Gasteiger charge is -2.12. The van der Waals surface area contributed by atoms with Gasteiger partial charge in [-0.2, -0.15) is 16.8 Å². The number of benzene rings is 3. The fourth-order valence-electron chi connectivity index (χ4n) is 4.77. The third-order valence-electron chi connectivity index (χ3n) is 6.82. The minimum Gasteiger partial charge on any atom is -0.282 e. The van der Waals surface area contributed by atoms with Crippen molar-refractivity contribution in [1.29, 1.82) is 0 Å². The van der Waals surface area contributed by atoms with Crippen molar-refractivity contribution in [2.24, 2.45) is 16.3 Å². The summed E-state index contributed by atoms with van der Waals surface area (Å²) in [6.07, 6.45) is 2.37. The van der Waals surface area contributed by atoms with Crippen LogP contribution in [0.25, 0.3) is 42.3 Å². The van der Waals surface area contributed by atoms with Crippen LogP contribution in [0.2, 0.25) is 0 Å². The monoisotopic (exact) mass is 653 g/mol. The first-order valence-corrected chi connectivity index (χ1v) is 17.3. The molecule has 15 heteroatoms. The summed E-state index contributed by atoms with van der Waals surface area (Å²) >= 11 is 2.41. The van der Waals surface area contributed by atoms with E-state index in [-0.39, 0.29) is 15.7 Å². The highest BCUT2D eigenvalue weighted by atomic mass is 32.2. The molecule has 0 radical (unpaired) electrons. The number of fused-ring (bicyclic) bond motifs is 2. The number of anilines is 1. The smallest absolute Gasteiger partial charge is 0.282 e. The normalized spacial score (nSPS) is 15.5. The van der Waals surface area contributed by atoms with Crippen molar-refractivity contribution in [3.63, 3.8) is 0 Å². The first kappa shape index (κ1) is 29.2. The first-order valence-electron chi connectivity index (χ1n) is 12.8. The van der Waals surface area contributed by atoms with Crippen molar-refractivity contribution in [1.82, 2.24) is 9.97 Å². The Kier molecular flexibility index (Phi) is 7.48. The number of aryl methyl sites for hydroxylation is 1. The van der Waals surface area contributed by atoms with E-state index in [2.05, 4.69) is 25.7 Å². The number of hydrogen-bond donors (Lipinski definition) is 3. The molecule has 0 bridgehead atoms. The van der Waals surface area contributed by atoms with Gasteiger partial charge in [-0.05, 0) is 79.4 Å². The summed E-state index contributed by atoms with van der Waals surface area (Å²) in [5.41, 5.74) is 6.62. The van der Waals surface area contributed by atoms with Gasteiger partial charge in [-0.3, -0.25) is 14.5 Å². The lowest BCUT2D eigenvalue weighted by atomic mass is 10.0. The van der Waals surface area contributed by atoms with E-state index in [0.717, 1.165) is 11.1 Å². The molecule has 0 aliphatic heterocycles. The van der Waals surface area contributed by atoms with Gasteiger partial charge in [0.05, 0.1) is 36.4 Å². The Morgan fingerprint density at radius 1 is 0.860 bits per heavy atom. The quantitative estimate of drug-likeness (QED) is 0.115. The molecule has 5 aromatic rings. The highest BCUT2D eigenvalue weighted by molar-refractivity contribution is 7.95. The van der Waals surface area contributed by atoms with Gasteiger partial charge in [0.1, 0.15) is 14.9 Å². The predicted molar refractivity (Wildman–Crippen MR) is 168 cm³/mol.